The van der Waals surface area contributed by atoms with E-state index in [-0.39, 0.29) is 37.1 Å². The topological polar surface area (TPSA) is 171 Å². The maximum Gasteiger partial charge on any atom is 0.264 e. The zero-order valence-electron chi connectivity index (χ0n) is 28.0. The molecule has 47 heavy (non-hydrogen) atoms. The normalized spacial score (nSPS) is 12.4. The first-order chi connectivity index (χ1) is 22.2. The highest BCUT2D eigenvalue weighted by atomic mass is 33.1. The van der Waals surface area contributed by atoms with Crippen LogP contribution in [0.2, 0.25) is 0 Å². The summed E-state index contributed by atoms with van der Waals surface area (Å²) in [4.78, 5) is 11.9. The molecule has 1 rings (SSSR count). The Kier molecular flexibility index (Phi) is 23.2. The lowest BCUT2D eigenvalue weighted by molar-refractivity contribution is -0.121. The summed E-state index contributed by atoms with van der Waals surface area (Å²) in [5.41, 5.74) is 0.949. The van der Waals surface area contributed by atoms with E-state index < -0.39 is 20.2 Å². The van der Waals surface area contributed by atoms with E-state index in [1.165, 1.54) is 0 Å². The number of hydrogen-bond acceptors (Lipinski definition) is 15. The molecule has 1 aromatic carbocycles. The van der Waals surface area contributed by atoms with Crippen molar-refractivity contribution in [1.82, 2.24) is 5.32 Å². The third-order valence-electron chi connectivity index (χ3n) is 5.72. The van der Waals surface area contributed by atoms with Crippen molar-refractivity contribution >= 4 is 47.7 Å². The van der Waals surface area contributed by atoms with Crippen molar-refractivity contribution in [2.45, 2.75) is 44.6 Å². The molecule has 1 N–H and O–H groups in total. The highest BCUT2D eigenvalue weighted by molar-refractivity contribution is 8.76. The number of benzene rings is 1. The molecule has 0 unspecified atom stereocenters. The molecule has 14 nitrogen and oxygen atoms in total. The Bertz CT molecular complexity index is 1160. The van der Waals surface area contributed by atoms with Crippen LogP contribution in [0.1, 0.15) is 37.8 Å². The van der Waals surface area contributed by atoms with Crippen LogP contribution in [0.5, 0.6) is 5.75 Å². The van der Waals surface area contributed by atoms with Crippen LogP contribution in [-0.4, -0.2) is 125 Å². The van der Waals surface area contributed by atoms with Gasteiger partial charge in [-0.1, -0.05) is 27.7 Å². The fourth-order valence-corrected chi connectivity index (χ4v) is 6.50. The monoisotopic (exact) mass is 749 g/mol. The van der Waals surface area contributed by atoms with Gasteiger partial charge in [-0.25, -0.2) is 0 Å². The van der Waals surface area contributed by atoms with Gasteiger partial charge in [-0.05, 0) is 49.8 Å². The maximum atomic E-state index is 11.9. The first kappa shape index (κ1) is 43.8. The molecule has 0 saturated heterocycles. The molecule has 1 amide bonds. The summed E-state index contributed by atoms with van der Waals surface area (Å²) in [5.74, 6) is 0.425. The van der Waals surface area contributed by atoms with Crippen molar-refractivity contribution in [2.24, 2.45) is 0 Å². The molecule has 0 aliphatic carbocycles. The predicted octanol–water partition coefficient (Wildman–Crippen LogP) is 2.79. The van der Waals surface area contributed by atoms with Gasteiger partial charge in [-0.15, -0.1) is 0 Å². The Balaban J connectivity index is 2.02. The molecule has 0 aromatic heterocycles. The van der Waals surface area contributed by atoms with Gasteiger partial charge >= 0.3 is 0 Å². The summed E-state index contributed by atoms with van der Waals surface area (Å²) in [7, 11) is -3.84. The van der Waals surface area contributed by atoms with E-state index in [1.54, 1.807) is 39.8 Å². The van der Waals surface area contributed by atoms with Crippen LogP contribution in [0.4, 0.5) is 0 Å². The van der Waals surface area contributed by atoms with Gasteiger partial charge in [0.2, 0.25) is 5.91 Å². The molecule has 0 aliphatic rings. The molecule has 0 saturated carbocycles. The average molecular weight is 750 g/mol. The van der Waals surface area contributed by atoms with Crippen molar-refractivity contribution in [1.29, 1.82) is 0 Å². The third kappa shape index (κ3) is 27.3. The highest BCUT2D eigenvalue weighted by Gasteiger charge is 2.19. The van der Waals surface area contributed by atoms with Crippen LogP contribution in [0, 0.1) is 0 Å². The van der Waals surface area contributed by atoms with Gasteiger partial charge in [0.05, 0.1) is 91.8 Å². The molecule has 0 heterocycles. The lowest BCUT2D eigenvalue weighted by Gasteiger charge is -2.21. The molecular weight excluding hydrogens is 699 g/mol. The summed E-state index contributed by atoms with van der Waals surface area (Å²) >= 11 is 0. The summed E-state index contributed by atoms with van der Waals surface area (Å²) < 4.78 is 88.1. The van der Waals surface area contributed by atoms with E-state index >= 15 is 0 Å². The Hall–Kier alpha value is -1.19. The first-order valence-electron chi connectivity index (χ1n) is 15.0. The highest BCUT2D eigenvalue weighted by Crippen LogP contribution is 2.36. The van der Waals surface area contributed by atoms with Gasteiger partial charge in [0, 0.05) is 17.7 Å². The van der Waals surface area contributed by atoms with E-state index in [1.807, 2.05) is 6.26 Å². The quantitative estimate of drug-likeness (QED) is 0.0691. The Morgan fingerprint density at radius 2 is 1.13 bits per heavy atom. The summed E-state index contributed by atoms with van der Waals surface area (Å²) in [5, 5.41) is 2.87. The van der Waals surface area contributed by atoms with Gasteiger partial charge < -0.3 is 33.7 Å². The minimum Gasteiger partial charge on any atom is -0.491 e. The van der Waals surface area contributed by atoms with Crippen LogP contribution < -0.4 is 10.1 Å². The predicted molar refractivity (Wildman–Crippen MR) is 183 cm³/mol. The van der Waals surface area contributed by atoms with Crippen LogP contribution in [0.3, 0.4) is 0 Å². The lowest BCUT2D eigenvalue weighted by Crippen LogP contribution is -2.29. The van der Waals surface area contributed by atoms with Crippen molar-refractivity contribution in [2.75, 3.05) is 98.0 Å². The van der Waals surface area contributed by atoms with Gasteiger partial charge in [0.25, 0.3) is 20.2 Å². The van der Waals surface area contributed by atoms with Gasteiger partial charge in [0.1, 0.15) is 12.4 Å². The average Bonchev–Trinajstić information content (AvgIpc) is 2.98. The largest absolute Gasteiger partial charge is 0.491 e. The molecule has 0 fully saturated rings. The maximum absolute atomic E-state index is 11.9. The Morgan fingerprint density at radius 1 is 0.702 bits per heavy atom. The standard InChI is InChI=1S/C29H51NO13S4/c1-29(2,45-44-3)7-6-28(31)30-8-9-36-10-11-37-12-13-38-14-15-39-16-17-40-18-19-41-27-21-25(23-42-46(4,32)33)20-26(22-27)24-43-47(5,34)35/h20-22H,6-19,23-24H2,1-5H3,(H,30,31). The van der Waals surface area contributed by atoms with Crippen molar-refractivity contribution in [3.05, 3.63) is 29.3 Å². The van der Waals surface area contributed by atoms with Gasteiger partial charge in [-0.3, -0.25) is 13.2 Å². The van der Waals surface area contributed by atoms with Crippen molar-refractivity contribution in [3.63, 3.8) is 0 Å². The molecular formula is C29H51NO13S4. The number of carbonyl (C=O) groups excluding carboxylic acids is 1. The lowest BCUT2D eigenvalue weighted by atomic mass is 10.1. The summed E-state index contributed by atoms with van der Waals surface area (Å²) in [6, 6.07) is 4.76. The SMILES string of the molecule is CSSC(C)(C)CCC(=O)NCCOCCOCCOCCOCCOCCOc1cc(COS(C)(=O)=O)cc(COS(C)(=O)=O)c1. The summed E-state index contributed by atoms with van der Waals surface area (Å²) in [6.07, 6.45) is 5.24. The second kappa shape index (κ2) is 24.9. The Labute approximate surface area is 288 Å². The number of amides is 1. The minimum atomic E-state index is -3.66. The molecule has 0 aliphatic heterocycles. The fourth-order valence-electron chi connectivity index (χ4n) is 3.56. The molecule has 0 bridgehead atoms. The van der Waals surface area contributed by atoms with E-state index in [0.29, 0.717) is 89.3 Å². The van der Waals surface area contributed by atoms with Crippen LogP contribution in [-0.2, 0) is 70.3 Å². The smallest absolute Gasteiger partial charge is 0.264 e. The fraction of sp³-hybridized carbons (Fsp3) is 0.759. The van der Waals surface area contributed by atoms with Gasteiger partial charge in [0.15, 0.2) is 0 Å². The number of rotatable bonds is 30. The molecule has 274 valence electrons. The molecule has 0 radical (unpaired) electrons. The zero-order chi connectivity index (χ0) is 35.0. The van der Waals surface area contributed by atoms with E-state index in [2.05, 4.69) is 19.2 Å². The summed E-state index contributed by atoms with van der Waals surface area (Å²) in [6.45, 7) is 8.49. The minimum absolute atomic E-state index is 0.0390. The van der Waals surface area contributed by atoms with Crippen LogP contribution in [0.15, 0.2) is 18.2 Å². The first-order valence-corrected chi connectivity index (χ1v) is 21.2. The number of carbonyl (C=O) groups is 1. The van der Waals surface area contributed by atoms with E-state index in [4.69, 9.17) is 36.8 Å². The second-order valence-corrected chi connectivity index (χ2v) is 17.1. The number of ether oxygens (including phenoxy) is 6. The van der Waals surface area contributed by atoms with Gasteiger partial charge in [-0.2, -0.15) is 16.8 Å². The third-order valence-corrected chi connectivity index (χ3v) is 9.49. The zero-order valence-corrected chi connectivity index (χ0v) is 31.3. The second-order valence-electron chi connectivity index (χ2n) is 10.7. The van der Waals surface area contributed by atoms with E-state index in [0.717, 1.165) is 18.9 Å². The van der Waals surface area contributed by atoms with Crippen molar-refractivity contribution < 1.29 is 58.4 Å². The molecule has 0 atom stereocenters. The molecule has 0 spiro atoms. The Morgan fingerprint density at radius 3 is 1.55 bits per heavy atom. The van der Waals surface area contributed by atoms with Crippen LogP contribution in [0.25, 0.3) is 0 Å². The molecule has 18 heteroatoms. The molecule has 1 aromatic rings. The number of nitrogens with one attached hydrogen (secondary N) is 1. The van der Waals surface area contributed by atoms with E-state index in [9.17, 15) is 21.6 Å². The van der Waals surface area contributed by atoms with Crippen LogP contribution >= 0.6 is 21.6 Å². The van der Waals surface area contributed by atoms with Crippen molar-refractivity contribution in [3.8, 4) is 5.75 Å². The number of hydrogen-bond donors (Lipinski definition) is 1.